The summed E-state index contributed by atoms with van der Waals surface area (Å²) in [5.41, 5.74) is 3.25. The summed E-state index contributed by atoms with van der Waals surface area (Å²) in [6, 6.07) is 13.1. The smallest absolute Gasteiger partial charge is 0.244 e. The summed E-state index contributed by atoms with van der Waals surface area (Å²) in [5.74, 6) is 0.422. The Hall–Kier alpha value is -1.85. The van der Waals surface area contributed by atoms with Crippen molar-refractivity contribution in [3.8, 4) is 5.75 Å². The minimum absolute atomic E-state index is 0.233. The number of methoxy groups -OCH3 is 1. The maximum absolute atomic E-state index is 12.7. The number of sulfonamides is 1. The third kappa shape index (κ3) is 3.57. The maximum atomic E-state index is 12.7. The fraction of sp³-hybridized carbons (Fsp3) is 0.333. The van der Waals surface area contributed by atoms with Crippen molar-refractivity contribution in [2.24, 2.45) is 0 Å². The number of nitrogens with one attached hydrogen (secondary N) is 1. The Labute approximate surface area is 137 Å². The van der Waals surface area contributed by atoms with Crippen LogP contribution in [0.4, 0.5) is 0 Å². The molecule has 2 aromatic carbocycles. The first-order chi connectivity index (χ1) is 11.1. The third-order valence-electron chi connectivity index (χ3n) is 4.23. The zero-order chi connectivity index (χ0) is 16.3. The number of rotatable bonds is 5. The monoisotopic (exact) mass is 331 g/mol. The fourth-order valence-corrected chi connectivity index (χ4v) is 4.18. The second-order valence-corrected chi connectivity index (χ2v) is 7.52. The van der Waals surface area contributed by atoms with Gasteiger partial charge in [0.2, 0.25) is 10.0 Å². The van der Waals surface area contributed by atoms with Gasteiger partial charge in [-0.2, -0.15) is 0 Å². The molecule has 0 saturated heterocycles. The number of benzene rings is 2. The normalized spacial score (nSPS) is 14.3. The van der Waals surface area contributed by atoms with Gasteiger partial charge in [-0.25, -0.2) is 13.1 Å². The van der Waals surface area contributed by atoms with Crippen LogP contribution < -0.4 is 9.46 Å². The molecule has 0 aromatic heterocycles. The predicted molar refractivity (Wildman–Crippen MR) is 90.1 cm³/mol. The van der Waals surface area contributed by atoms with Crippen LogP contribution in [-0.2, 0) is 29.4 Å². The van der Waals surface area contributed by atoms with Crippen LogP contribution in [0.15, 0.2) is 47.4 Å². The van der Waals surface area contributed by atoms with Gasteiger partial charge in [-0.3, -0.25) is 0 Å². The van der Waals surface area contributed by atoms with Gasteiger partial charge in [0.15, 0.2) is 0 Å². The second kappa shape index (κ2) is 6.72. The van der Waals surface area contributed by atoms with E-state index in [1.165, 1.54) is 12.7 Å². The average molecular weight is 331 g/mol. The number of hydrogen-bond acceptors (Lipinski definition) is 3. The molecule has 0 spiro atoms. The Bertz CT molecular complexity index is 785. The molecule has 0 aliphatic heterocycles. The van der Waals surface area contributed by atoms with Crippen LogP contribution in [0, 0.1) is 0 Å². The first-order valence-electron chi connectivity index (χ1n) is 7.83. The van der Waals surface area contributed by atoms with Crippen molar-refractivity contribution in [2.75, 3.05) is 7.11 Å². The summed E-state index contributed by atoms with van der Waals surface area (Å²) in [4.78, 5) is 0.233. The molecular formula is C18H21NO3S. The number of ether oxygens (including phenoxy) is 1. The molecule has 1 N–H and O–H groups in total. The number of fused-ring (bicyclic) bond motifs is 1. The highest BCUT2D eigenvalue weighted by atomic mass is 32.2. The van der Waals surface area contributed by atoms with Crippen LogP contribution in [0.5, 0.6) is 5.75 Å². The van der Waals surface area contributed by atoms with Crippen molar-refractivity contribution in [3.05, 3.63) is 59.2 Å². The molecule has 2 aromatic rings. The molecule has 0 saturated carbocycles. The van der Waals surface area contributed by atoms with Gasteiger partial charge < -0.3 is 4.74 Å². The Kier molecular flexibility index (Phi) is 4.68. The first kappa shape index (κ1) is 16.0. The van der Waals surface area contributed by atoms with Crippen LogP contribution >= 0.6 is 0 Å². The quantitative estimate of drug-likeness (QED) is 0.916. The molecule has 0 heterocycles. The van der Waals surface area contributed by atoms with Crippen LogP contribution in [-0.4, -0.2) is 15.5 Å². The van der Waals surface area contributed by atoms with Crippen molar-refractivity contribution in [1.29, 1.82) is 0 Å². The van der Waals surface area contributed by atoms with Crippen LogP contribution in [0.3, 0.4) is 0 Å². The molecule has 0 atom stereocenters. The average Bonchev–Trinajstić information content (AvgIpc) is 2.60. The van der Waals surface area contributed by atoms with Crippen molar-refractivity contribution in [2.45, 2.75) is 37.1 Å². The summed E-state index contributed by atoms with van der Waals surface area (Å²) >= 11 is 0. The molecule has 1 aliphatic carbocycles. The van der Waals surface area contributed by atoms with Crippen molar-refractivity contribution < 1.29 is 13.2 Å². The van der Waals surface area contributed by atoms with Gasteiger partial charge in [0.25, 0.3) is 0 Å². The molecule has 0 fully saturated rings. The van der Waals surface area contributed by atoms with Crippen molar-refractivity contribution >= 4 is 10.0 Å². The summed E-state index contributed by atoms with van der Waals surface area (Å²) in [6.07, 6.45) is 4.18. The van der Waals surface area contributed by atoms with E-state index >= 15 is 0 Å². The van der Waals surface area contributed by atoms with Crippen LogP contribution in [0.2, 0.25) is 0 Å². The SMILES string of the molecule is COc1cc2c(cc1S(=O)(=O)NCc1ccccc1)CCCC2. The van der Waals surface area contributed by atoms with E-state index in [4.69, 9.17) is 4.74 Å². The summed E-state index contributed by atoms with van der Waals surface area (Å²) in [6.45, 7) is 0.267. The second-order valence-electron chi connectivity index (χ2n) is 5.79. The van der Waals surface area contributed by atoms with Gasteiger partial charge in [-0.15, -0.1) is 0 Å². The molecule has 5 heteroatoms. The fourth-order valence-electron chi connectivity index (χ4n) is 2.96. The van der Waals surface area contributed by atoms with E-state index in [2.05, 4.69) is 4.72 Å². The molecule has 0 amide bonds. The standard InChI is InChI=1S/C18H21NO3S/c1-22-17-11-15-9-5-6-10-16(15)12-18(17)23(20,21)19-13-14-7-3-2-4-8-14/h2-4,7-8,11-12,19H,5-6,9-10,13H2,1H3. The van der Waals surface area contributed by atoms with Gasteiger partial charge in [0, 0.05) is 6.54 Å². The first-order valence-corrected chi connectivity index (χ1v) is 9.32. The number of hydrogen-bond donors (Lipinski definition) is 1. The van der Waals surface area contributed by atoms with Gasteiger partial charge in [0.05, 0.1) is 7.11 Å². The molecular weight excluding hydrogens is 310 g/mol. The van der Waals surface area contributed by atoms with Gasteiger partial charge in [0.1, 0.15) is 10.6 Å². The van der Waals surface area contributed by atoms with E-state index in [1.807, 2.05) is 36.4 Å². The molecule has 23 heavy (non-hydrogen) atoms. The zero-order valence-corrected chi connectivity index (χ0v) is 14.0. The lowest BCUT2D eigenvalue weighted by molar-refractivity contribution is 0.401. The topological polar surface area (TPSA) is 55.4 Å². The highest BCUT2D eigenvalue weighted by molar-refractivity contribution is 7.89. The maximum Gasteiger partial charge on any atom is 0.244 e. The van der Waals surface area contributed by atoms with Crippen LogP contribution in [0.25, 0.3) is 0 Å². The largest absolute Gasteiger partial charge is 0.495 e. The Morgan fingerprint density at radius 2 is 1.70 bits per heavy atom. The predicted octanol–water partition coefficient (Wildman–Crippen LogP) is 3.05. The summed E-state index contributed by atoms with van der Waals surface area (Å²) in [5, 5.41) is 0. The number of aryl methyl sites for hydroxylation is 2. The van der Waals surface area contributed by atoms with Crippen molar-refractivity contribution in [1.82, 2.24) is 4.72 Å². The van der Waals surface area contributed by atoms with Crippen molar-refractivity contribution in [3.63, 3.8) is 0 Å². The van der Waals surface area contributed by atoms with E-state index in [0.29, 0.717) is 5.75 Å². The Balaban J connectivity index is 1.89. The lowest BCUT2D eigenvalue weighted by Gasteiger charge is -2.19. The van der Waals surface area contributed by atoms with Gasteiger partial charge in [-0.1, -0.05) is 30.3 Å². The molecule has 122 valence electrons. The van der Waals surface area contributed by atoms with Gasteiger partial charge >= 0.3 is 0 Å². The molecule has 1 aliphatic rings. The van der Waals surface area contributed by atoms with Crippen LogP contribution in [0.1, 0.15) is 29.5 Å². The molecule has 0 bridgehead atoms. The van der Waals surface area contributed by atoms with E-state index in [0.717, 1.165) is 36.8 Å². The van der Waals surface area contributed by atoms with E-state index in [1.54, 1.807) is 6.07 Å². The zero-order valence-electron chi connectivity index (χ0n) is 13.2. The van der Waals surface area contributed by atoms with E-state index in [-0.39, 0.29) is 11.4 Å². The summed E-state index contributed by atoms with van der Waals surface area (Å²) in [7, 11) is -2.10. The Morgan fingerprint density at radius 3 is 2.35 bits per heavy atom. The summed E-state index contributed by atoms with van der Waals surface area (Å²) < 4.78 is 33.4. The third-order valence-corrected chi connectivity index (χ3v) is 5.65. The van der Waals surface area contributed by atoms with E-state index < -0.39 is 10.0 Å². The lowest BCUT2D eigenvalue weighted by atomic mass is 9.92. The Morgan fingerprint density at radius 1 is 1.04 bits per heavy atom. The highest BCUT2D eigenvalue weighted by Crippen LogP contribution is 2.31. The molecule has 0 radical (unpaired) electrons. The molecule has 4 nitrogen and oxygen atoms in total. The minimum atomic E-state index is -3.61. The minimum Gasteiger partial charge on any atom is -0.495 e. The lowest BCUT2D eigenvalue weighted by Crippen LogP contribution is -2.24. The molecule has 0 unspecified atom stereocenters. The molecule has 3 rings (SSSR count). The highest BCUT2D eigenvalue weighted by Gasteiger charge is 2.23. The van der Waals surface area contributed by atoms with E-state index in [9.17, 15) is 8.42 Å². The van der Waals surface area contributed by atoms with Gasteiger partial charge in [-0.05, 0) is 54.5 Å².